The van der Waals surface area contributed by atoms with Crippen LogP contribution < -0.4 is 0 Å². The molecule has 0 aromatic carbocycles. The normalized spacial score (nSPS) is 10.5. The summed E-state index contributed by atoms with van der Waals surface area (Å²) in [6, 6.07) is 0. The lowest BCUT2D eigenvalue weighted by Gasteiger charge is -2.01. The zero-order valence-electron chi connectivity index (χ0n) is 8.47. The van der Waals surface area contributed by atoms with Crippen molar-refractivity contribution in [2.45, 2.75) is 39.5 Å². The van der Waals surface area contributed by atoms with Crippen LogP contribution in [0.25, 0.3) is 0 Å². The van der Waals surface area contributed by atoms with Crippen LogP contribution in [0.1, 0.15) is 39.5 Å². The van der Waals surface area contributed by atoms with Gasteiger partial charge in [0.15, 0.2) is 0 Å². The van der Waals surface area contributed by atoms with Crippen molar-refractivity contribution in [2.75, 3.05) is 24.7 Å². The number of hydrogen-bond acceptors (Lipinski definition) is 2. The Labute approximate surface area is 81.3 Å². The third-order valence-corrected chi connectivity index (χ3v) is 2.62. The Morgan fingerprint density at radius 1 is 1.00 bits per heavy atom. The number of thioether (sulfide) groups is 1. The smallest absolute Gasteiger partial charge is 0.0466 e. The highest BCUT2D eigenvalue weighted by Gasteiger charge is 1.89. The Hall–Kier alpha value is 0.310. The van der Waals surface area contributed by atoms with Gasteiger partial charge < -0.3 is 4.74 Å². The first-order valence-corrected chi connectivity index (χ1v) is 6.22. The van der Waals surface area contributed by atoms with Crippen molar-refractivity contribution in [2.24, 2.45) is 0 Å². The Kier molecular flexibility index (Phi) is 11.6. The van der Waals surface area contributed by atoms with E-state index >= 15 is 0 Å². The zero-order chi connectivity index (χ0) is 9.07. The van der Waals surface area contributed by atoms with E-state index in [1.807, 2.05) is 11.8 Å². The molecule has 2 heteroatoms. The van der Waals surface area contributed by atoms with Gasteiger partial charge in [0.2, 0.25) is 0 Å². The van der Waals surface area contributed by atoms with Crippen LogP contribution >= 0.6 is 11.8 Å². The highest BCUT2D eigenvalue weighted by Crippen LogP contribution is 2.05. The first kappa shape index (κ1) is 12.3. The minimum absolute atomic E-state index is 0.934. The maximum Gasteiger partial charge on any atom is 0.0466 e. The lowest BCUT2D eigenvalue weighted by molar-refractivity contribution is 0.131. The van der Waals surface area contributed by atoms with E-state index in [0.717, 1.165) is 19.6 Å². The molecule has 0 fully saturated rings. The molecule has 0 bridgehead atoms. The SMILES string of the molecule is CCCOCCCCCSCC. The van der Waals surface area contributed by atoms with Crippen LogP contribution in [-0.4, -0.2) is 24.7 Å². The summed E-state index contributed by atoms with van der Waals surface area (Å²) in [6.07, 6.45) is 5.07. The number of ether oxygens (including phenoxy) is 1. The number of unbranched alkanes of at least 4 members (excludes halogenated alkanes) is 2. The first-order valence-electron chi connectivity index (χ1n) is 5.07. The van der Waals surface area contributed by atoms with Crippen LogP contribution in [0.15, 0.2) is 0 Å². The molecule has 0 aliphatic heterocycles. The quantitative estimate of drug-likeness (QED) is 0.516. The monoisotopic (exact) mass is 190 g/mol. The maximum atomic E-state index is 5.38. The van der Waals surface area contributed by atoms with E-state index in [0.29, 0.717) is 0 Å². The van der Waals surface area contributed by atoms with Gasteiger partial charge in [0.1, 0.15) is 0 Å². The third-order valence-electron chi connectivity index (χ3n) is 1.63. The number of hydrogen-bond donors (Lipinski definition) is 0. The van der Waals surface area contributed by atoms with Crippen molar-refractivity contribution in [3.05, 3.63) is 0 Å². The van der Waals surface area contributed by atoms with Crippen molar-refractivity contribution in [1.82, 2.24) is 0 Å². The summed E-state index contributed by atoms with van der Waals surface area (Å²) >= 11 is 2.04. The molecule has 12 heavy (non-hydrogen) atoms. The van der Waals surface area contributed by atoms with Crippen LogP contribution in [0.4, 0.5) is 0 Å². The Balaban J connectivity index is 2.73. The van der Waals surface area contributed by atoms with Crippen LogP contribution in [0.2, 0.25) is 0 Å². The maximum absolute atomic E-state index is 5.38. The molecule has 74 valence electrons. The standard InChI is InChI=1S/C10H22OS/c1-3-8-11-9-6-5-7-10-12-4-2/h3-10H2,1-2H3. The van der Waals surface area contributed by atoms with Crippen LogP contribution in [0.3, 0.4) is 0 Å². The van der Waals surface area contributed by atoms with Crippen molar-refractivity contribution < 1.29 is 4.74 Å². The predicted molar refractivity (Wildman–Crippen MR) is 58.0 cm³/mol. The molecule has 0 amide bonds. The average Bonchev–Trinajstić information content (AvgIpc) is 2.10. The van der Waals surface area contributed by atoms with Gasteiger partial charge in [-0.05, 0) is 30.8 Å². The third kappa shape index (κ3) is 10.3. The van der Waals surface area contributed by atoms with Crippen molar-refractivity contribution >= 4 is 11.8 Å². The fraction of sp³-hybridized carbons (Fsp3) is 1.00. The Morgan fingerprint density at radius 2 is 1.83 bits per heavy atom. The van der Waals surface area contributed by atoms with E-state index in [1.54, 1.807) is 0 Å². The van der Waals surface area contributed by atoms with E-state index in [-0.39, 0.29) is 0 Å². The largest absolute Gasteiger partial charge is 0.381 e. The second-order valence-electron chi connectivity index (χ2n) is 2.87. The molecule has 1 nitrogen and oxygen atoms in total. The van der Waals surface area contributed by atoms with Gasteiger partial charge in [-0.3, -0.25) is 0 Å². The minimum atomic E-state index is 0.934. The zero-order valence-corrected chi connectivity index (χ0v) is 9.29. The second-order valence-corrected chi connectivity index (χ2v) is 4.26. The van der Waals surface area contributed by atoms with Gasteiger partial charge in [-0.1, -0.05) is 20.3 Å². The molecule has 0 saturated carbocycles. The molecule has 0 aromatic heterocycles. The minimum Gasteiger partial charge on any atom is -0.381 e. The molecule has 0 N–H and O–H groups in total. The molecule has 0 atom stereocenters. The lowest BCUT2D eigenvalue weighted by Crippen LogP contribution is -1.95. The molecule has 0 aliphatic carbocycles. The van der Waals surface area contributed by atoms with Crippen molar-refractivity contribution in [3.8, 4) is 0 Å². The van der Waals surface area contributed by atoms with Crippen LogP contribution in [0, 0.1) is 0 Å². The summed E-state index contributed by atoms with van der Waals surface area (Å²) in [7, 11) is 0. The summed E-state index contributed by atoms with van der Waals surface area (Å²) in [5.41, 5.74) is 0. The molecule has 0 heterocycles. The van der Waals surface area contributed by atoms with Gasteiger partial charge in [0.05, 0.1) is 0 Å². The lowest BCUT2D eigenvalue weighted by atomic mass is 10.3. The summed E-state index contributed by atoms with van der Waals surface area (Å²) in [5, 5.41) is 0. The number of rotatable bonds is 9. The van der Waals surface area contributed by atoms with E-state index in [4.69, 9.17) is 4.74 Å². The molecule has 0 spiro atoms. The van der Waals surface area contributed by atoms with E-state index < -0.39 is 0 Å². The summed E-state index contributed by atoms with van der Waals surface area (Å²) < 4.78 is 5.38. The van der Waals surface area contributed by atoms with E-state index in [2.05, 4.69) is 13.8 Å². The average molecular weight is 190 g/mol. The van der Waals surface area contributed by atoms with Crippen molar-refractivity contribution in [3.63, 3.8) is 0 Å². The highest BCUT2D eigenvalue weighted by molar-refractivity contribution is 7.99. The van der Waals surface area contributed by atoms with Gasteiger partial charge in [0, 0.05) is 13.2 Å². The fourth-order valence-corrected chi connectivity index (χ4v) is 1.67. The summed E-state index contributed by atoms with van der Waals surface area (Å²) in [4.78, 5) is 0. The molecular formula is C10H22OS. The van der Waals surface area contributed by atoms with Crippen molar-refractivity contribution in [1.29, 1.82) is 0 Å². The van der Waals surface area contributed by atoms with Crippen LogP contribution in [0.5, 0.6) is 0 Å². The summed E-state index contributed by atoms with van der Waals surface area (Å²) in [5.74, 6) is 2.58. The molecule has 0 rings (SSSR count). The van der Waals surface area contributed by atoms with Gasteiger partial charge in [-0.15, -0.1) is 0 Å². The van der Waals surface area contributed by atoms with Gasteiger partial charge in [0.25, 0.3) is 0 Å². The Morgan fingerprint density at radius 3 is 2.50 bits per heavy atom. The molecule has 0 aromatic rings. The molecule has 0 radical (unpaired) electrons. The second kappa shape index (κ2) is 11.3. The van der Waals surface area contributed by atoms with Gasteiger partial charge in [-0.2, -0.15) is 11.8 Å². The predicted octanol–water partition coefficient (Wildman–Crippen LogP) is 3.34. The topological polar surface area (TPSA) is 9.23 Å². The van der Waals surface area contributed by atoms with E-state index in [9.17, 15) is 0 Å². The molecule has 0 aliphatic rings. The molecule has 0 saturated heterocycles. The molecule has 0 unspecified atom stereocenters. The fourth-order valence-electron chi connectivity index (χ4n) is 0.976. The highest BCUT2D eigenvalue weighted by atomic mass is 32.2. The van der Waals surface area contributed by atoms with Crippen LogP contribution in [-0.2, 0) is 4.74 Å². The Bertz CT molecular complexity index is 66.2. The molecular weight excluding hydrogens is 168 g/mol. The van der Waals surface area contributed by atoms with Gasteiger partial charge >= 0.3 is 0 Å². The van der Waals surface area contributed by atoms with Gasteiger partial charge in [-0.25, -0.2) is 0 Å². The summed E-state index contributed by atoms with van der Waals surface area (Å²) in [6.45, 7) is 6.27. The first-order chi connectivity index (χ1) is 5.91. The van der Waals surface area contributed by atoms with E-state index in [1.165, 1.54) is 30.8 Å².